The van der Waals surface area contributed by atoms with Crippen molar-refractivity contribution in [1.29, 1.82) is 0 Å². The molecule has 1 aliphatic carbocycles. The number of piperidine rings is 1. The summed E-state index contributed by atoms with van der Waals surface area (Å²) < 4.78 is 0. The molecule has 3 fully saturated rings. The zero-order valence-corrected chi connectivity index (χ0v) is 31.9. The highest BCUT2D eigenvalue weighted by molar-refractivity contribution is 6.38. The number of Topliss-reactive ketones (excluding diaryl/α,β-unsaturated/α-hetero) is 1. The van der Waals surface area contributed by atoms with Gasteiger partial charge in [-0.2, -0.15) is 0 Å². The van der Waals surface area contributed by atoms with Gasteiger partial charge in [-0.05, 0) is 76.0 Å². The number of hydrogen-bond acceptors (Lipinski definition) is 7. The Morgan fingerprint density at radius 1 is 0.981 bits per heavy atom. The molecule has 6 amide bonds. The van der Waals surface area contributed by atoms with Crippen molar-refractivity contribution in [3.05, 3.63) is 12.7 Å². The average molecular weight is 727 g/mol. The van der Waals surface area contributed by atoms with Crippen LogP contribution < -0.4 is 21.3 Å². The zero-order chi connectivity index (χ0) is 38.6. The fourth-order valence-corrected chi connectivity index (χ4v) is 7.66. The predicted octanol–water partition coefficient (Wildman–Crippen LogP) is 2.81. The van der Waals surface area contributed by atoms with E-state index in [9.17, 15) is 33.9 Å². The summed E-state index contributed by atoms with van der Waals surface area (Å²) in [6.45, 7) is 14.1. The van der Waals surface area contributed by atoms with Crippen LogP contribution in [-0.2, 0) is 24.0 Å². The van der Waals surface area contributed by atoms with Gasteiger partial charge >= 0.3 is 6.03 Å². The van der Waals surface area contributed by atoms with E-state index in [1.807, 2.05) is 20.8 Å². The molecule has 3 aliphatic rings. The summed E-state index contributed by atoms with van der Waals surface area (Å²) in [5.74, 6) is -0.902. The molecule has 5 N–H and O–H groups in total. The number of urea groups is 1. The van der Waals surface area contributed by atoms with Crippen LogP contribution in [0.3, 0.4) is 0 Å². The van der Waals surface area contributed by atoms with E-state index in [4.69, 9.17) is 6.42 Å². The van der Waals surface area contributed by atoms with Crippen molar-refractivity contribution in [2.24, 2.45) is 17.3 Å². The van der Waals surface area contributed by atoms with Crippen LogP contribution in [0.2, 0.25) is 0 Å². The summed E-state index contributed by atoms with van der Waals surface area (Å²) in [7, 11) is 0. The van der Waals surface area contributed by atoms with E-state index in [1.54, 1.807) is 18.7 Å². The molecule has 13 heteroatoms. The number of terminal acetylenes is 1. The van der Waals surface area contributed by atoms with Crippen molar-refractivity contribution in [1.82, 2.24) is 31.1 Å². The average Bonchev–Trinajstić information content (AvgIpc) is 3.49. The second-order valence-corrected chi connectivity index (χ2v) is 16.4. The number of amides is 6. The van der Waals surface area contributed by atoms with Gasteiger partial charge in [-0.3, -0.25) is 24.0 Å². The Kier molecular flexibility index (Phi) is 15.7. The summed E-state index contributed by atoms with van der Waals surface area (Å²) in [6.07, 6.45) is 14.2. The molecule has 2 aliphatic heterocycles. The Labute approximate surface area is 309 Å². The number of rotatable bonds is 16. The summed E-state index contributed by atoms with van der Waals surface area (Å²) in [5, 5.41) is 22.0. The van der Waals surface area contributed by atoms with Gasteiger partial charge in [0.05, 0.1) is 17.7 Å². The maximum Gasteiger partial charge on any atom is 0.315 e. The van der Waals surface area contributed by atoms with Crippen LogP contribution in [0.4, 0.5) is 4.79 Å². The molecule has 5 atom stereocenters. The highest BCUT2D eigenvalue weighted by Crippen LogP contribution is 2.35. The van der Waals surface area contributed by atoms with Gasteiger partial charge in [0.1, 0.15) is 12.1 Å². The molecule has 2 saturated heterocycles. The van der Waals surface area contributed by atoms with Crippen LogP contribution >= 0.6 is 0 Å². The lowest BCUT2D eigenvalue weighted by atomic mass is 9.82. The topological polar surface area (TPSA) is 177 Å². The first-order chi connectivity index (χ1) is 24.5. The number of nitrogens with one attached hydrogen (secondary N) is 4. The van der Waals surface area contributed by atoms with Crippen LogP contribution in [0.1, 0.15) is 112 Å². The second kappa shape index (κ2) is 19.2. The van der Waals surface area contributed by atoms with Gasteiger partial charge in [-0.15, -0.1) is 18.9 Å². The number of carbonyl (C=O) groups is 6. The van der Waals surface area contributed by atoms with Gasteiger partial charge in [0.2, 0.25) is 23.5 Å². The van der Waals surface area contributed by atoms with E-state index in [0.29, 0.717) is 25.9 Å². The quantitative estimate of drug-likeness (QED) is 0.0923. The third kappa shape index (κ3) is 12.3. The molecule has 52 heavy (non-hydrogen) atoms. The second-order valence-electron chi connectivity index (χ2n) is 16.4. The standard InChI is InChI=1S/C39H62N6O7/c1-8-10-18-28(33(47)35(49)40-21-9-2)41-34(48)32-27(24-39(6,7)52)20-23-45(32)36(50)31(26-16-12-11-13-17-26)43-37(51)42-29(38(3,4)5)25-44-22-15-14-19-30(44)46/h1,9,26-29,31-32,52H,2,10-25H2,3-7H3,(H,40,49)(H,41,48)(H2,42,43,51)/t27-,28?,29-,31+,32+/m1/s1. The van der Waals surface area contributed by atoms with E-state index in [-0.39, 0.29) is 50.2 Å². The van der Waals surface area contributed by atoms with Gasteiger partial charge < -0.3 is 36.2 Å². The predicted molar refractivity (Wildman–Crippen MR) is 198 cm³/mol. The molecule has 0 aromatic carbocycles. The van der Waals surface area contributed by atoms with Crippen molar-refractivity contribution in [3.8, 4) is 12.3 Å². The minimum Gasteiger partial charge on any atom is -0.390 e. The highest BCUT2D eigenvalue weighted by atomic mass is 16.3. The zero-order valence-electron chi connectivity index (χ0n) is 31.9. The number of hydrogen-bond donors (Lipinski definition) is 5. The minimum absolute atomic E-state index is 0.0177. The molecule has 1 unspecified atom stereocenters. The molecule has 0 spiro atoms. The molecular weight excluding hydrogens is 664 g/mol. The highest BCUT2D eigenvalue weighted by Gasteiger charge is 2.47. The van der Waals surface area contributed by atoms with Crippen molar-refractivity contribution >= 4 is 35.4 Å². The van der Waals surface area contributed by atoms with E-state index >= 15 is 0 Å². The maximum absolute atomic E-state index is 14.7. The van der Waals surface area contributed by atoms with E-state index in [1.165, 1.54) is 11.0 Å². The summed E-state index contributed by atoms with van der Waals surface area (Å²) >= 11 is 0. The van der Waals surface area contributed by atoms with Gasteiger partial charge in [0.15, 0.2) is 0 Å². The first kappa shape index (κ1) is 42.5. The summed E-state index contributed by atoms with van der Waals surface area (Å²) in [4.78, 5) is 84.3. The largest absolute Gasteiger partial charge is 0.390 e. The number of aliphatic hydroxyl groups is 1. The van der Waals surface area contributed by atoms with Gasteiger partial charge in [-0.25, -0.2) is 4.79 Å². The first-order valence-electron chi connectivity index (χ1n) is 19.0. The smallest absolute Gasteiger partial charge is 0.315 e. The SMILES string of the molecule is C#CCCC(NC(=O)[C@@H]1[C@@H](CC(C)(C)O)CCN1C(=O)[C@@H](NC(=O)N[C@H](CN1CCCCC1=O)C(C)(C)C)C1CCCCC1)C(=O)C(=O)NCC=C. The fourth-order valence-electron chi connectivity index (χ4n) is 7.66. The molecule has 0 aromatic rings. The molecular formula is C39H62N6O7. The Morgan fingerprint density at radius 2 is 1.67 bits per heavy atom. The lowest BCUT2D eigenvalue weighted by Gasteiger charge is -2.39. The Hall–Kier alpha value is -3.92. The molecule has 1 saturated carbocycles. The molecule has 0 radical (unpaired) electrons. The molecule has 290 valence electrons. The van der Waals surface area contributed by atoms with E-state index < -0.39 is 64.6 Å². The number of carbonyl (C=O) groups excluding carboxylic acids is 6. The third-order valence-electron chi connectivity index (χ3n) is 10.5. The van der Waals surface area contributed by atoms with Crippen molar-refractivity contribution in [3.63, 3.8) is 0 Å². The molecule has 13 nitrogen and oxygen atoms in total. The van der Waals surface area contributed by atoms with E-state index in [0.717, 1.165) is 44.9 Å². The molecule has 2 heterocycles. The van der Waals surface area contributed by atoms with Crippen molar-refractivity contribution in [2.45, 2.75) is 141 Å². The van der Waals surface area contributed by atoms with Crippen LogP contribution in [0.25, 0.3) is 0 Å². The Bertz CT molecular complexity index is 1340. The Morgan fingerprint density at radius 3 is 2.27 bits per heavy atom. The monoisotopic (exact) mass is 726 g/mol. The van der Waals surface area contributed by atoms with Gasteiger partial charge in [0.25, 0.3) is 5.91 Å². The third-order valence-corrected chi connectivity index (χ3v) is 10.5. The Balaban J connectivity index is 1.90. The van der Waals surface area contributed by atoms with Crippen molar-refractivity contribution in [2.75, 3.05) is 26.2 Å². The number of nitrogens with zero attached hydrogens (tertiary/aromatic N) is 2. The van der Waals surface area contributed by atoms with Crippen LogP contribution in [-0.4, -0.2) is 106 Å². The summed E-state index contributed by atoms with van der Waals surface area (Å²) in [5.41, 5.74) is -1.55. The first-order valence-corrected chi connectivity index (χ1v) is 19.0. The molecule has 0 bridgehead atoms. The summed E-state index contributed by atoms with van der Waals surface area (Å²) in [6, 6.07) is -4.14. The lowest BCUT2D eigenvalue weighted by molar-refractivity contribution is -0.144. The van der Waals surface area contributed by atoms with E-state index in [2.05, 4.69) is 33.8 Å². The van der Waals surface area contributed by atoms with Crippen molar-refractivity contribution < 1.29 is 33.9 Å². The van der Waals surface area contributed by atoms with Gasteiger partial charge in [-0.1, -0.05) is 46.1 Å². The van der Waals surface area contributed by atoms with Crippen LogP contribution in [0.5, 0.6) is 0 Å². The number of likely N-dealkylation sites (tertiary alicyclic amines) is 2. The minimum atomic E-state index is -1.23. The van der Waals surface area contributed by atoms with Crippen LogP contribution in [0, 0.1) is 29.6 Å². The molecule has 3 rings (SSSR count). The molecule has 0 aromatic heterocycles. The number of ketones is 1. The maximum atomic E-state index is 14.7. The van der Waals surface area contributed by atoms with Crippen LogP contribution in [0.15, 0.2) is 12.7 Å². The normalized spacial score (nSPS) is 21.7. The lowest BCUT2D eigenvalue weighted by Crippen LogP contribution is -2.61. The van der Waals surface area contributed by atoms with Gasteiger partial charge in [0, 0.05) is 39.0 Å². The fraction of sp³-hybridized carbons (Fsp3) is 0.744.